The monoisotopic (exact) mass is 229 g/mol. The van der Waals surface area contributed by atoms with Gasteiger partial charge in [-0.25, -0.2) is 4.79 Å². The van der Waals surface area contributed by atoms with E-state index in [0.717, 1.165) is 13.1 Å². The maximum absolute atomic E-state index is 11.4. The SMILES string of the molecule is NC(=O)CC(NC(=O)CC1CNC1)C(=O)O. The van der Waals surface area contributed by atoms with Gasteiger partial charge in [0.1, 0.15) is 6.04 Å². The lowest BCUT2D eigenvalue weighted by Gasteiger charge is -2.26. The Morgan fingerprint density at radius 1 is 1.44 bits per heavy atom. The molecule has 0 spiro atoms. The number of carboxylic acid groups (broad SMARTS) is 1. The summed E-state index contributed by atoms with van der Waals surface area (Å²) in [7, 11) is 0. The summed E-state index contributed by atoms with van der Waals surface area (Å²) in [5.41, 5.74) is 4.88. The fourth-order valence-electron chi connectivity index (χ4n) is 1.41. The van der Waals surface area contributed by atoms with Gasteiger partial charge in [0.05, 0.1) is 6.42 Å². The van der Waals surface area contributed by atoms with E-state index >= 15 is 0 Å². The number of aliphatic carboxylic acids is 1. The van der Waals surface area contributed by atoms with Crippen LogP contribution in [0.15, 0.2) is 0 Å². The van der Waals surface area contributed by atoms with Gasteiger partial charge in [0.25, 0.3) is 0 Å². The molecule has 1 fully saturated rings. The molecule has 1 saturated heterocycles. The van der Waals surface area contributed by atoms with Crippen molar-refractivity contribution in [3.63, 3.8) is 0 Å². The molecule has 0 aromatic carbocycles. The summed E-state index contributed by atoms with van der Waals surface area (Å²) in [6.07, 6.45) is -0.112. The molecule has 0 aliphatic carbocycles. The van der Waals surface area contributed by atoms with E-state index in [1.165, 1.54) is 0 Å². The Kier molecular flexibility index (Phi) is 4.24. The smallest absolute Gasteiger partial charge is 0.326 e. The molecule has 16 heavy (non-hydrogen) atoms. The molecule has 0 aromatic heterocycles. The van der Waals surface area contributed by atoms with E-state index in [2.05, 4.69) is 10.6 Å². The lowest BCUT2D eigenvalue weighted by atomic mass is 9.99. The molecule has 7 nitrogen and oxygen atoms in total. The largest absolute Gasteiger partial charge is 0.480 e. The third kappa shape index (κ3) is 3.85. The molecule has 7 heteroatoms. The summed E-state index contributed by atoms with van der Waals surface area (Å²) in [5, 5.41) is 14.0. The summed E-state index contributed by atoms with van der Waals surface area (Å²) in [4.78, 5) is 32.7. The molecule has 1 heterocycles. The van der Waals surface area contributed by atoms with E-state index in [0.29, 0.717) is 0 Å². The Bertz CT molecular complexity index is 301. The second kappa shape index (κ2) is 5.45. The van der Waals surface area contributed by atoms with E-state index in [9.17, 15) is 14.4 Å². The van der Waals surface area contributed by atoms with Crippen molar-refractivity contribution in [1.82, 2.24) is 10.6 Å². The lowest BCUT2D eigenvalue weighted by Crippen LogP contribution is -2.48. The van der Waals surface area contributed by atoms with Gasteiger partial charge >= 0.3 is 5.97 Å². The van der Waals surface area contributed by atoms with Crippen molar-refractivity contribution in [2.24, 2.45) is 11.7 Å². The number of primary amides is 1. The Morgan fingerprint density at radius 3 is 2.44 bits per heavy atom. The van der Waals surface area contributed by atoms with Gasteiger partial charge in [-0.1, -0.05) is 0 Å². The third-order valence-corrected chi connectivity index (χ3v) is 2.38. The van der Waals surface area contributed by atoms with Crippen LogP contribution in [-0.2, 0) is 14.4 Å². The van der Waals surface area contributed by atoms with Crippen LogP contribution in [0.2, 0.25) is 0 Å². The molecular formula is C9H15N3O4. The number of carboxylic acids is 1. The summed E-state index contributed by atoms with van der Waals surface area (Å²) < 4.78 is 0. The van der Waals surface area contributed by atoms with Crippen LogP contribution in [0, 0.1) is 5.92 Å². The molecule has 1 atom stereocenters. The highest BCUT2D eigenvalue weighted by atomic mass is 16.4. The van der Waals surface area contributed by atoms with E-state index in [4.69, 9.17) is 10.8 Å². The van der Waals surface area contributed by atoms with Crippen LogP contribution < -0.4 is 16.4 Å². The molecule has 2 amide bonds. The number of hydrogen-bond acceptors (Lipinski definition) is 4. The molecule has 1 aliphatic rings. The molecule has 0 aromatic rings. The fourth-order valence-corrected chi connectivity index (χ4v) is 1.41. The van der Waals surface area contributed by atoms with Crippen molar-refractivity contribution in [3.05, 3.63) is 0 Å². The molecule has 90 valence electrons. The normalized spacial score (nSPS) is 17.2. The maximum Gasteiger partial charge on any atom is 0.326 e. The highest BCUT2D eigenvalue weighted by molar-refractivity contribution is 5.88. The van der Waals surface area contributed by atoms with Crippen molar-refractivity contribution >= 4 is 17.8 Å². The van der Waals surface area contributed by atoms with E-state index < -0.39 is 17.9 Å². The van der Waals surface area contributed by atoms with Gasteiger partial charge in [-0.15, -0.1) is 0 Å². The zero-order chi connectivity index (χ0) is 12.1. The molecule has 0 bridgehead atoms. The topological polar surface area (TPSA) is 122 Å². The third-order valence-electron chi connectivity index (χ3n) is 2.38. The van der Waals surface area contributed by atoms with Gasteiger partial charge in [-0.2, -0.15) is 0 Å². The molecule has 1 aliphatic heterocycles. The quantitative estimate of drug-likeness (QED) is 0.421. The average molecular weight is 229 g/mol. The predicted octanol–water partition coefficient (Wildman–Crippen LogP) is -1.96. The first-order chi connectivity index (χ1) is 7.49. The van der Waals surface area contributed by atoms with Gasteiger partial charge in [0.15, 0.2) is 0 Å². The number of hydrogen-bond donors (Lipinski definition) is 4. The van der Waals surface area contributed by atoms with Crippen molar-refractivity contribution in [2.45, 2.75) is 18.9 Å². The van der Waals surface area contributed by atoms with Crippen LogP contribution >= 0.6 is 0 Å². The van der Waals surface area contributed by atoms with Crippen LogP contribution in [0.1, 0.15) is 12.8 Å². The van der Waals surface area contributed by atoms with Gasteiger partial charge in [-0.3, -0.25) is 9.59 Å². The molecular weight excluding hydrogens is 214 g/mol. The average Bonchev–Trinajstić information content (AvgIpc) is 2.09. The lowest BCUT2D eigenvalue weighted by molar-refractivity contribution is -0.143. The first kappa shape index (κ1) is 12.4. The number of nitrogens with two attached hydrogens (primary N) is 1. The van der Waals surface area contributed by atoms with Crippen molar-refractivity contribution in [2.75, 3.05) is 13.1 Å². The Balaban J connectivity index is 2.37. The van der Waals surface area contributed by atoms with E-state index in [1.54, 1.807) is 0 Å². The summed E-state index contributed by atoms with van der Waals surface area (Å²) in [6, 6.07) is -1.22. The van der Waals surface area contributed by atoms with Crippen molar-refractivity contribution in [3.8, 4) is 0 Å². The Labute approximate surface area is 92.4 Å². The Morgan fingerprint density at radius 2 is 2.06 bits per heavy atom. The predicted molar refractivity (Wildman–Crippen MR) is 54.4 cm³/mol. The van der Waals surface area contributed by atoms with Crippen molar-refractivity contribution < 1.29 is 19.5 Å². The first-order valence-electron chi connectivity index (χ1n) is 5.00. The molecule has 0 saturated carbocycles. The highest BCUT2D eigenvalue weighted by Gasteiger charge is 2.25. The minimum Gasteiger partial charge on any atom is -0.480 e. The minimum atomic E-state index is -1.25. The van der Waals surface area contributed by atoms with E-state index in [1.807, 2.05) is 0 Å². The summed E-state index contributed by atoms with van der Waals surface area (Å²) >= 11 is 0. The van der Waals surface area contributed by atoms with Crippen LogP contribution in [0.3, 0.4) is 0 Å². The fraction of sp³-hybridized carbons (Fsp3) is 0.667. The first-order valence-corrected chi connectivity index (χ1v) is 5.00. The van der Waals surface area contributed by atoms with Gasteiger partial charge in [0.2, 0.25) is 11.8 Å². The maximum atomic E-state index is 11.4. The highest BCUT2D eigenvalue weighted by Crippen LogP contribution is 2.08. The van der Waals surface area contributed by atoms with Crippen LogP contribution in [0.4, 0.5) is 0 Å². The zero-order valence-electron chi connectivity index (χ0n) is 8.73. The standard InChI is InChI=1S/C9H15N3O4/c10-7(13)2-6(9(15)16)12-8(14)1-5-3-11-4-5/h5-6,11H,1-4H2,(H2,10,13)(H,12,14)(H,15,16). The van der Waals surface area contributed by atoms with Crippen LogP contribution in [0.25, 0.3) is 0 Å². The minimum absolute atomic E-state index is 0.253. The van der Waals surface area contributed by atoms with Gasteiger partial charge in [-0.05, 0) is 19.0 Å². The molecule has 0 radical (unpaired) electrons. The second-order valence-electron chi connectivity index (χ2n) is 3.86. The van der Waals surface area contributed by atoms with Crippen LogP contribution in [-0.4, -0.2) is 42.0 Å². The Hall–Kier alpha value is -1.63. The number of amides is 2. The number of carbonyl (C=O) groups excluding carboxylic acids is 2. The molecule has 1 rings (SSSR count). The van der Waals surface area contributed by atoms with Gasteiger partial charge in [0, 0.05) is 6.42 Å². The van der Waals surface area contributed by atoms with Gasteiger partial charge < -0.3 is 21.5 Å². The van der Waals surface area contributed by atoms with E-state index in [-0.39, 0.29) is 24.7 Å². The zero-order valence-corrected chi connectivity index (χ0v) is 8.73. The van der Waals surface area contributed by atoms with Crippen molar-refractivity contribution in [1.29, 1.82) is 0 Å². The summed E-state index contributed by atoms with van der Waals surface area (Å²) in [5.74, 6) is -2.11. The molecule has 5 N–H and O–H groups in total. The second-order valence-corrected chi connectivity index (χ2v) is 3.86. The number of carbonyl (C=O) groups is 3. The number of rotatable bonds is 6. The van der Waals surface area contributed by atoms with Crippen LogP contribution in [0.5, 0.6) is 0 Å². The number of nitrogens with one attached hydrogen (secondary N) is 2. The summed E-state index contributed by atoms with van der Waals surface area (Å²) in [6.45, 7) is 1.53. The molecule has 1 unspecified atom stereocenters.